The number of aryl methyl sites for hydroxylation is 2. The van der Waals surface area contributed by atoms with Gasteiger partial charge < -0.3 is 10.1 Å². The van der Waals surface area contributed by atoms with Crippen molar-refractivity contribution in [1.29, 1.82) is 0 Å². The van der Waals surface area contributed by atoms with Gasteiger partial charge in [0.1, 0.15) is 10.2 Å². The van der Waals surface area contributed by atoms with E-state index in [-0.39, 0.29) is 17.4 Å². The van der Waals surface area contributed by atoms with E-state index in [1.807, 2.05) is 0 Å². The first-order valence-corrected chi connectivity index (χ1v) is 8.31. The van der Waals surface area contributed by atoms with Crippen LogP contribution in [0.5, 0.6) is 5.75 Å². The summed E-state index contributed by atoms with van der Waals surface area (Å²) >= 11 is 3.30. The van der Waals surface area contributed by atoms with E-state index >= 15 is 0 Å². The number of benzene rings is 1. The minimum absolute atomic E-state index is 0.0143. The van der Waals surface area contributed by atoms with Crippen LogP contribution in [0.3, 0.4) is 0 Å². The molecule has 24 heavy (non-hydrogen) atoms. The Labute approximate surface area is 145 Å². The number of hydrogen-bond donors (Lipinski definition) is 1. The van der Waals surface area contributed by atoms with Gasteiger partial charge >= 0.3 is 6.61 Å². The third-order valence-corrected chi connectivity index (χ3v) is 4.83. The molecular weight excluding hydrogens is 384 g/mol. The monoisotopic (exact) mass is 399 g/mol. The third-order valence-electron chi connectivity index (χ3n) is 4.06. The molecule has 1 atom stereocenters. The minimum atomic E-state index is -2.83. The second-order valence-corrected chi connectivity index (χ2v) is 6.42. The molecule has 1 N–H and O–H groups in total. The highest BCUT2D eigenvalue weighted by atomic mass is 79.9. The average molecular weight is 400 g/mol. The van der Waals surface area contributed by atoms with Gasteiger partial charge in [-0.25, -0.2) is 4.68 Å². The smallest absolute Gasteiger partial charge is 0.387 e. The number of halogens is 3. The maximum atomic E-state index is 12.4. The fraction of sp³-hybridized carbons (Fsp3) is 0.375. The fourth-order valence-electron chi connectivity index (χ4n) is 2.92. The molecule has 0 saturated heterocycles. The second-order valence-electron chi connectivity index (χ2n) is 5.63. The molecule has 1 unspecified atom stereocenters. The Morgan fingerprint density at radius 2 is 2.25 bits per heavy atom. The number of nitrogens with zero attached hydrogens (tertiary/aromatic N) is 2. The van der Waals surface area contributed by atoms with Crippen molar-refractivity contribution >= 4 is 21.6 Å². The van der Waals surface area contributed by atoms with Gasteiger partial charge in [0, 0.05) is 7.05 Å². The normalized spacial score (nSPS) is 16.8. The first kappa shape index (κ1) is 16.9. The maximum absolute atomic E-state index is 12.4. The topological polar surface area (TPSA) is 56.1 Å². The highest BCUT2D eigenvalue weighted by molar-refractivity contribution is 9.10. The molecule has 0 amide bonds. The molecule has 1 aliphatic rings. The summed E-state index contributed by atoms with van der Waals surface area (Å²) in [5.74, 6) is 0.167. The first-order chi connectivity index (χ1) is 11.5. The lowest BCUT2D eigenvalue weighted by atomic mass is 9.87. The molecule has 128 valence electrons. The van der Waals surface area contributed by atoms with Gasteiger partial charge in [-0.3, -0.25) is 4.79 Å². The van der Waals surface area contributed by atoms with Crippen LogP contribution in [0.2, 0.25) is 0 Å². The molecule has 0 aliphatic heterocycles. The summed E-state index contributed by atoms with van der Waals surface area (Å²) in [6, 6.07) is 4.99. The molecule has 5 nitrogen and oxygen atoms in total. The average Bonchev–Trinajstić information content (AvgIpc) is 2.55. The van der Waals surface area contributed by atoms with Crippen molar-refractivity contribution in [3.63, 3.8) is 0 Å². The van der Waals surface area contributed by atoms with E-state index in [4.69, 9.17) is 0 Å². The van der Waals surface area contributed by atoms with Gasteiger partial charge in [-0.1, -0.05) is 6.07 Å². The van der Waals surface area contributed by atoms with Crippen LogP contribution in [0.25, 0.3) is 0 Å². The Morgan fingerprint density at radius 1 is 1.46 bits per heavy atom. The molecule has 0 saturated carbocycles. The molecule has 8 heteroatoms. The molecule has 0 fully saturated rings. The molecule has 1 aromatic carbocycles. The second kappa shape index (κ2) is 6.88. The minimum Gasteiger partial charge on any atom is -0.435 e. The van der Waals surface area contributed by atoms with Gasteiger partial charge in [0.2, 0.25) is 0 Å². The number of fused-ring (bicyclic) bond motifs is 1. The maximum Gasteiger partial charge on any atom is 0.387 e. The van der Waals surface area contributed by atoms with E-state index in [1.165, 1.54) is 4.68 Å². The molecule has 3 rings (SSSR count). The summed E-state index contributed by atoms with van der Waals surface area (Å²) in [6.07, 6.45) is 4.19. The van der Waals surface area contributed by atoms with Gasteiger partial charge in [-0.2, -0.15) is 13.9 Å². The lowest BCUT2D eigenvalue weighted by molar-refractivity contribution is -0.0499. The predicted octanol–water partition coefficient (Wildman–Crippen LogP) is 3.63. The van der Waals surface area contributed by atoms with Crippen molar-refractivity contribution in [3.05, 3.63) is 50.3 Å². The zero-order chi connectivity index (χ0) is 17.3. The van der Waals surface area contributed by atoms with E-state index in [0.29, 0.717) is 10.2 Å². The lowest BCUT2D eigenvalue weighted by Gasteiger charge is -2.28. The summed E-state index contributed by atoms with van der Waals surface area (Å²) < 4.78 is 30.8. The molecule has 1 heterocycles. The SMILES string of the molecule is Cn1ncc(NC2CCCc3cc(OC(F)F)ccc32)c(Br)c1=O. The van der Waals surface area contributed by atoms with Crippen molar-refractivity contribution in [1.82, 2.24) is 9.78 Å². The largest absolute Gasteiger partial charge is 0.435 e. The third kappa shape index (κ3) is 3.43. The van der Waals surface area contributed by atoms with Crippen LogP contribution in [0.15, 0.2) is 33.7 Å². The Balaban J connectivity index is 1.87. The predicted molar refractivity (Wildman–Crippen MR) is 89.6 cm³/mol. The molecule has 1 aromatic heterocycles. The molecule has 2 aromatic rings. The molecule has 0 bridgehead atoms. The van der Waals surface area contributed by atoms with Crippen molar-refractivity contribution in [2.45, 2.75) is 31.9 Å². The number of anilines is 1. The van der Waals surface area contributed by atoms with Crippen LogP contribution in [-0.4, -0.2) is 16.4 Å². The van der Waals surface area contributed by atoms with Crippen LogP contribution in [0.4, 0.5) is 14.5 Å². The van der Waals surface area contributed by atoms with Crippen LogP contribution in [0, 0.1) is 0 Å². The van der Waals surface area contributed by atoms with Crippen molar-refractivity contribution in [2.75, 3.05) is 5.32 Å². The standard InChI is InChI=1S/C16H16BrF2N3O2/c1-22-15(23)14(17)13(8-20-22)21-12-4-2-3-9-7-10(24-16(18)19)5-6-11(9)12/h5-8,12,16,21H,2-4H2,1H3. The van der Waals surface area contributed by atoms with Crippen LogP contribution in [-0.2, 0) is 13.5 Å². The van der Waals surface area contributed by atoms with Gasteiger partial charge in [-0.05, 0) is 58.5 Å². The van der Waals surface area contributed by atoms with E-state index < -0.39 is 6.61 Å². The van der Waals surface area contributed by atoms with Crippen molar-refractivity contribution < 1.29 is 13.5 Å². The van der Waals surface area contributed by atoms with Crippen molar-refractivity contribution in [2.24, 2.45) is 7.05 Å². The molecule has 1 aliphatic carbocycles. The first-order valence-electron chi connectivity index (χ1n) is 7.51. The quantitative estimate of drug-likeness (QED) is 0.852. The zero-order valence-electron chi connectivity index (χ0n) is 12.9. The highest BCUT2D eigenvalue weighted by Crippen LogP contribution is 2.35. The molecule has 0 radical (unpaired) electrons. The fourth-order valence-corrected chi connectivity index (χ4v) is 3.39. The van der Waals surface area contributed by atoms with Gasteiger partial charge in [0.05, 0.1) is 17.9 Å². The van der Waals surface area contributed by atoms with E-state index in [2.05, 4.69) is 31.1 Å². The summed E-state index contributed by atoms with van der Waals surface area (Å²) in [5.41, 5.74) is 2.39. The van der Waals surface area contributed by atoms with Gasteiger partial charge in [-0.15, -0.1) is 0 Å². The number of hydrogen-bond acceptors (Lipinski definition) is 4. The summed E-state index contributed by atoms with van der Waals surface area (Å²) in [7, 11) is 1.58. The number of ether oxygens (including phenoxy) is 1. The van der Waals surface area contributed by atoms with E-state index in [1.54, 1.807) is 31.4 Å². The Hall–Kier alpha value is -1.96. The number of alkyl halides is 2. The van der Waals surface area contributed by atoms with Crippen molar-refractivity contribution in [3.8, 4) is 5.75 Å². The molecule has 0 spiro atoms. The number of aromatic nitrogens is 2. The Bertz CT molecular complexity index is 810. The number of rotatable bonds is 4. The van der Waals surface area contributed by atoms with Gasteiger partial charge in [0.15, 0.2) is 0 Å². The van der Waals surface area contributed by atoms with E-state index in [9.17, 15) is 13.6 Å². The Morgan fingerprint density at radius 3 is 3.00 bits per heavy atom. The highest BCUT2D eigenvalue weighted by Gasteiger charge is 2.22. The number of nitrogens with one attached hydrogen (secondary N) is 1. The van der Waals surface area contributed by atoms with Gasteiger partial charge in [0.25, 0.3) is 5.56 Å². The summed E-state index contributed by atoms with van der Waals surface area (Å²) in [6.45, 7) is -2.83. The molecular formula is C16H16BrF2N3O2. The zero-order valence-corrected chi connectivity index (χ0v) is 14.5. The van der Waals surface area contributed by atoms with Crippen LogP contribution < -0.4 is 15.6 Å². The van der Waals surface area contributed by atoms with E-state index in [0.717, 1.165) is 30.4 Å². The summed E-state index contributed by atoms with van der Waals surface area (Å²) in [5, 5.41) is 7.34. The van der Waals surface area contributed by atoms with Crippen LogP contribution in [0.1, 0.15) is 30.0 Å². The Kier molecular flexibility index (Phi) is 4.84. The summed E-state index contributed by atoms with van der Waals surface area (Å²) in [4.78, 5) is 11.9. The van der Waals surface area contributed by atoms with Crippen LogP contribution >= 0.6 is 15.9 Å². The lowest BCUT2D eigenvalue weighted by Crippen LogP contribution is -2.23.